The maximum atomic E-state index is 8.96. The van der Waals surface area contributed by atoms with Crippen molar-refractivity contribution < 1.29 is 0 Å². The van der Waals surface area contributed by atoms with E-state index in [0.29, 0.717) is 17.3 Å². The Balaban J connectivity index is 2.14. The normalized spacial score (nSPS) is 17.1. The van der Waals surface area contributed by atoms with Crippen molar-refractivity contribution in [2.45, 2.75) is 32.1 Å². The molecule has 0 bridgehead atoms. The molecule has 0 atom stereocenters. The molecule has 0 saturated heterocycles. The Kier molecular flexibility index (Phi) is 3.77. The number of rotatable bonds is 2. The number of nitrogens with two attached hydrogens (primary N) is 1. The third-order valence-electron chi connectivity index (χ3n) is 3.24. The molecular formula is C14H17N3. The van der Waals surface area contributed by atoms with E-state index in [2.05, 4.69) is 17.1 Å². The van der Waals surface area contributed by atoms with Gasteiger partial charge in [-0.2, -0.15) is 5.26 Å². The Hall–Kier alpha value is -1.82. The predicted octanol–water partition coefficient (Wildman–Crippen LogP) is 3.13. The Morgan fingerprint density at radius 1 is 1.35 bits per heavy atom. The van der Waals surface area contributed by atoms with E-state index in [0.717, 1.165) is 5.56 Å². The minimum absolute atomic E-state index is 0.450. The Morgan fingerprint density at radius 2 is 2.12 bits per heavy atom. The summed E-state index contributed by atoms with van der Waals surface area (Å²) in [6.45, 7) is 0. The van der Waals surface area contributed by atoms with Crippen molar-refractivity contribution in [2.75, 3.05) is 5.73 Å². The third kappa shape index (κ3) is 3.07. The number of aromatic nitrogens is 1. The molecule has 3 heteroatoms. The standard InChI is InChI=1S/C14H17N3/c15-9-14-12(8-13(16)10-17-14)7-6-11-4-2-1-3-5-11/h6-8,10-11H,1-5,16H2/b7-6+. The van der Waals surface area contributed by atoms with Gasteiger partial charge in [0.2, 0.25) is 0 Å². The van der Waals surface area contributed by atoms with E-state index in [1.54, 1.807) is 0 Å². The molecule has 1 aromatic rings. The number of nitriles is 1. The number of anilines is 1. The second kappa shape index (κ2) is 5.49. The highest BCUT2D eigenvalue weighted by atomic mass is 14.7. The highest BCUT2D eigenvalue weighted by molar-refractivity contribution is 5.60. The molecule has 0 aliphatic heterocycles. The van der Waals surface area contributed by atoms with Crippen LogP contribution in [0, 0.1) is 17.2 Å². The first-order valence-electron chi connectivity index (χ1n) is 6.13. The number of hydrogen-bond acceptors (Lipinski definition) is 3. The molecule has 0 amide bonds. The van der Waals surface area contributed by atoms with Crippen LogP contribution in [0.25, 0.3) is 6.08 Å². The zero-order valence-electron chi connectivity index (χ0n) is 9.89. The summed E-state index contributed by atoms with van der Waals surface area (Å²) in [5.41, 5.74) is 7.57. The molecule has 1 heterocycles. The highest BCUT2D eigenvalue weighted by Gasteiger charge is 2.10. The van der Waals surface area contributed by atoms with Crippen molar-refractivity contribution in [1.82, 2.24) is 4.98 Å². The van der Waals surface area contributed by atoms with Gasteiger partial charge in [0.1, 0.15) is 11.8 Å². The van der Waals surface area contributed by atoms with Gasteiger partial charge in [-0.15, -0.1) is 0 Å². The lowest BCUT2D eigenvalue weighted by Gasteiger charge is -2.17. The van der Waals surface area contributed by atoms with E-state index in [4.69, 9.17) is 11.0 Å². The van der Waals surface area contributed by atoms with Crippen LogP contribution in [0.15, 0.2) is 18.3 Å². The summed E-state index contributed by atoms with van der Waals surface area (Å²) in [5.74, 6) is 0.650. The molecule has 0 spiro atoms. The van der Waals surface area contributed by atoms with Crippen molar-refractivity contribution in [1.29, 1.82) is 5.26 Å². The summed E-state index contributed by atoms with van der Waals surface area (Å²) >= 11 is 0. The van der Waals surface area contributed by atoms with Crippen LogP contribution < -0.4 is 5.73 Å². The van der Waals surface area contributed by atoms with Gasteiger partial charge in [0.15, 0.2) is 0 Å². The maximum Gasteiger partial charge on any atom is 0.147 e. The van der Waals surface area contributed by atoms with Gasteiger partial charge < -0.3 is 5.73 Å². The zero-order chi connectivity index (χ0) is 12.1. The lowest BCUT2D eigenvalue weighted by atomic mass is 9.88. The Morgan fingerprint density at radius 3 is 2.82 bits per heavy atom. The van der Waals surface area contributed by atoms with Crippen LogP contribution in [0.5, 0.6) is 0 Å². The molecule has 1 saturated carbocycles. The minimum Gasteiger partial charge on any atom is -0.397 e. The largest absolute Gasteiger partial charge is 0.397 e. The van der Waals surface area contributed by atoms with Crippen LogP contribution in [0.1, 0.15) is 43.4 Å². The molecule has 17 heavy (non-hydrogen) atoms. The van der Waals surface area contributed by atoms with E-state index in [1.165, 1.54) is 38.3 Å². The molecular weight excluding hydrogens is 210 g/mol. The van der Waals surface area contributed by atoms with Crippen molar-refractivity contribution in [2.24, 2.45) is 5.92 Å². The summed E-state index contributed by atoms with van der Waals surface area (Å²) in [6, 6.07) is 3.90. The van der Waals surface area contributed by atoms with Gasteiger partial charge in [-0.3, -0.25) is 0 Å². The minimum atomic E-state index is 0.450. The second-order valence-electron chi connectivity index (χ2n) is 4.58. The molecule has 88 valence electrons. The first-order chi connectivity index (χ1) is 8.29. The second-order valence-corrected chi connectivity index (χ2v) is 4.58. The topological polar surface area (TPSA) is 62.7 Å². The molecule has 2 rings (SSSR count). The van der Waals surface area contributed by atoms with Gasteiger partial charge in [0, 0.05) is 5.56 Å². The molecule has 3 nitrogen and oxygen atoms in total. The van der Waals surface area contributed by atoms with Gasteiger partial charge >= 0.3 is 0 Å². The summed E-state index contributed by atoms with van der Waals surface area (Å²) in [7, 11) is 0. The van der Waals surface area contributed by atoms with Gasteiger partial charge in [-0.05, 0) is 24.8 Å². The van der Waals surface area contributed by atoms with Crippen molar-refractivity contribution in [3.05, 3.63) is 29.6 Å². The van der Waals surface area contributed by atoms with Gasteiger partial charge in [0.05, 0.1) is 11.9 Å². The number of allylic oxidation sites excluding steroid dienone is 1. The summed E-state index contributed by atoms with van der Waals surface area (Å²) in [5, 5.41) is 8.96. The third-order valence-corrected chi connectivity index (χ3v) is 3.24. The molecule has 2 N–H and O–H groups in total. The van der Waals surface area contributed by atoms with Gasteiger partial charge in [-0.25, -0.2) is 4.98 Å². The molecule has 0 unspecified atom stereocenters. The van der Waals surface area contributed by atoms with E-state index in [-0.39, 0.29) is 0 Å². The van der Waals surface area contributed by atoms with Crippen LogP contribution in [0.3, 0.4) is 0 Å². The van der Waals surface area contributed by atoms with Crippen molar-refractivity contribution in [3.8, 4) is 6.07 Å². The quantitative estimate of drug-likeness (QED) is 0.844. The fourth-order valence-corrected chi connectivity index (χ4v) is 2.29. The van der Waals surface area contributed by atoms with E-state index >= 15 is 0 Å². The number of hydrogen-bond donors (Lipinski definition) is 1. The Labute approximate surface area is 102 Å². The van der Waals surface area contributed by atoms with Crippen LogP contribution in [0.2, 0.25) is 0 Å². The molecule has 1 aromatic heterocycles. The smallest absolute Gasteiger partial charge is 0.147 e. The zero-order valence-corrected chi connectivity index (χ0v) is 9.89. The summed E-state index contributed by atoms with van der Waals surface area (Å²) in [4.78, 5) is 4.02. The summed E-state index contributed by atoms with van der Waals surface area (Å²) in [6.07, 6.45) is 12.2. The SMILES string of the molecule is N#Cc1ncc(N)cc1/C=C/C1CCCCC1. The molecule has 0 radical (unpaired) electrons. The van der Waals surface area contributed by atoms with Crippen LogP contribution in [-0.2, 0) is 0 Å². The molecule has 1 fully saturated rings. The van der Waals surface area contributed by atoms with Crippen LogP contribution in [0.4, 0.5) is 5.69 Å². The van der Waals surface area contributed by atoms with E-state index in [1.807, 2.05) is 12.1 Å². The average molecular weight is 227 g/mol. The first-order valence-corrected chi connectivity index (χ1v) is 6.13. The fraction of sp³-hybridized carbons (Fsp3) is 0.429. The average Bonchev–Trinajstić information content (AvgIpc) is 2.38. The van der Waals surface area contributed by atoms with Gasteiger partial charge in [0.25, 0.3) is 0 Å². The van der Waals surface area contributed by atoms with Gasteiger partial charge in [-0.1, -0.05) is 31.4 Å². The van der Waals surface area contributed by atoms with Crippen LogP contribution >= 0.6 is 0 Å². The number of pyridine rings is 1. The molecule has 0 aromatic carbocycles. The lowest BCUT2D eigenvalue weighted by Crippen LogP contribution is -2.02. The molecule has 1 aliphatic rings. The predicted molar refractivity (Wildman–Crippen MR) is 69.0 cm³/mol. The van der Waals surface area contributed by atoms with Crippen LogP contribution in [-0.4, -0.2) is 4.98 Å². The van der Waals surface area contributed by atoms with E-state index in [9.17, 15) is 0 Å². The number of nitrogens with zero attached hydrogens (tertiary/aromatic N) is 2. The monoisotopic (exact) mass is 227 g/mol. The summed E-state index contributed by atoms with van der Waals surface area (Å²) < 4.78 is 0. The van der Waals surface area contributed by atoms with Crippen molar-refractivity contribution >= 4 is 11.8 Å². The Bertz CT molecular complexity index is 451. The highest BCUT2D eigenvalue weighted by Crippen LogP contribution is 2.25. The fourth-order valence-electron chi connectivity index (χ4n) is 2.29. The number of nitrogen functional groups attached to an aromatic ring is 1. The van der Waals surface area contributed by atoms with E-state index < -0.39 is 0 Å². The van der Waals surface area contributed by atoms with Crippen molar-refractivity contribution in [3.63, 3.8) is 0 Å². The molecule has 1 aliphatic carbocycles. The first kappa shape index (κ1) is 11.7. The maximum absolute atomic E-state index is 8.96. The lowest BCUT2D eigenvalue weighted by molar-refractivity contribution is 0.420.